The van der Waals surface area contributed by atoms with Crippen molar-refractivity contribution in [1.82, 2.24) is 14.8 Å². The second-order valence-corrected chi connectivity index (χ2v) is 13.5. The van der Waals surface area contributed by atoms with Gasteiger partial charge in [-0.3, -0.25) is 14.5 Å². The highest BCUT2D eigenvalue weighted by Gasteiger charge is 2.39. The molecular formula is C38H49N5O3. The van der Waals surface area contributed by atoms with Crippen molar-refractivity contribution >= 4 is 29.0 Å². The first-order valence-corrected chi connectivity index (χ1v) is 17.3. The van der Waals surface area contributed by atoms with Crippen molar-refractivity contribution < 1.29 is 14.7 Å². The van der Waals surface area contributed by atoms with Crippen molar-refractivity contribution in [2.75, 3.05) is 50.0 Å². The fourth-order valence-electron chi connectivity index (χ4n) is 7.83. The summed E-state index contributed by atoms with van der Waals surface area (Å²) in [5.41, 5.74) is 2.23. The normalized spacial score (nSPS) is 22.0. The number of pyridine rings is 1. The molecular weight excluding hydrogens is 574 g/mol. The van der Waals surface area contributed by atoms with E-state index in [4.69, 9.17) is 0 Å². The fourth-order valence-corrected chi connectivity index (χ4v) is 7.83. The number of benzene rings is 2. The van der Waals surface area contributed by atoms with Crippen LogP contribution in [-0.2, 0) is 10.4 Å². The number of likely N-dealkylation sites (tertiary alicyclic amines) is 2. The SMILES string of the molecule is CN1CCCC(C(=O)N2c3ccccc3NC(=O)c3cccnc32)C1.OC(CCN1CCCC1)(c1ccccc1)C1CCCCC1. The minimum absolute atomic E-state index is 0.00421. The van der Waals surface area contributed by atoms with E-state index < -0.39 is 5.60 Å². The largest absolute Gasteiger partial charge is 0.385 e. The molecule has 8 nitrogen and oxygen atoms in total. The average Bonchev–Trinajstić information content (AvgIpc) is 3.59. The molecule has 0 bridgehead atoms. The molecule has 1 aromatic heterocycles. The molecule has 46 heavy (non-hydrogen) atoms. The van der Waals surface area contributed by atoms with Crippen LogP contribution in [0.5, 0.6) is 0 Å². The van der Waals surface area contributed by atoms with Crippen molar-refractivity contribution in [1.29, 1.82) is 0 Å². The molecule has 2 unspecified atom stereocenters. The van der Waals surface area contributed by atoms with Gasteiger partial charge in [-0.2, -0.15) is 0 Å². The highest BCUT2D eigenvalue weighted by atomic mass is 16.3. The Balaban J connectivity index is 0.000000164. The van der Waals surface area contributed by atoms with Crippen LogP contribution in [0.25, 0.3) is 0 Å². The zero-order valence-corrected chi connectivity index (χ0v) is 27.2. The van der Waals surface area contributed by atoms with Gasteiger partial charge in [0.2, 0.25) is 5.91 Å². The molecule has 1 aliphatic carbocycles. The summed E-state index contributed by atoms with van der Waals surface area (Å²) < 4.78 is 0. The number of anilines is 3. The lowest BCUT2D eigenvalue weighted by Crippen LogP contribution is -2.42. The molecule has 7 rings (SSSR count). The van der Waals surface area contributed by atoms with Crippen LogP contribution in [0.4, 0.5) is 17.2 Å². The van der Waals surface area contributed by atoms with Crippen LogP contribution in [0.3, 0.4) is 0 Å². The molecule has 2 saturated heterocycles. The highest BCUT2D eigenvalue weighted by Crippen LogP contribution is 2.42. The van der Waals surface area contributed by atoms with Gasteiger partial charge in [-0.25, -0.2) is 4.98 Å². The van der Waals surface area contributed by atoms with Crippen molar-refractivity contribution in [3.05, 3.63) is 84.1 Å². The van der Waals surface area contributed by atoms with Crippen molar-refractivity contribution in [3.8, 4) is 0 Å². The minimum atomic E-state index is -0.621. The molecule has 1 saturated carbocycles. The van der Waals surface area contributed by atoms with E-state index in [0.717, 1.165) is 44.5 Å². The number of nitrogens with zero attached hydrogens (tertiary/aromatic N) is 4. The van der Waals surface area contributed by atoms with Gasteiger partial charge in [-0.1, -0.05) is 61.7 Å². The number of carbonyl (C=O) groups is 2. The topological polar surface area (TPSA) is 89.0 Å². The van der Waals surface area contributed by atoms with Crippen LogP contribution in [-0.4, -0.2) is 71.5 Å². The number of piperidine rings is 1. The molecule has 3 aliphatic heterocycles. The molecule has 4 aliphatic rings. The summed E-state index contributed by atoms with van der Waals surface area (Å²) in [6.45, 7) is 5.21. The molecule has 2 aromatic carbocycles. The number of fused-ring (bicyclic) bond motifs is 2. The van der Waals surface area contributed by atoms with E-state index >= 15 is 0 Å². The van der Waals surface area contributed by atoms with Crippen LogP contribution in [0.1, 0.15) is 80.1 Å². The first-order chi connectivity index (χ1) is 22.4. The van der Waals surface area contributed by atoms with Crippen LogP contribution in [0.15, 0.2) is 72.9 Å². The zero-order valence-electron chi connectivity index (χ0n) is 27.2. The average molecular weight is 624 g/mol. The van der Waals surface area contributed by atoms with Gasteiger partial charge < -0.3 is 20.2 Å². The van der Waals surface area contributed by atoms with Crippen molar-refractivity contribution in [2.45, 2.75) is 69.8 Å². The predicted octanol–water partition coefficient (Wildman–Crippen LogP) is 6.59. The third-order valence-corrected chi connectivity index (χ3v) is 10.4. The summed E-state index contributed by atoms with van der Waals surface area (Å²) in [4.78, 5) is 36.7. The monoisotopic (exact) mass is 623 g/mol. The lowest BCUT2D eigenvalue weighted by molar-refractivity contribution is -0.123. The van der Waals surface area contributed by atoms with E-state index in [1.54, 1.807) is 23.2 Å². The van der Waals surface area contributed by atoms with E-state index in [-0.39, 0.29) is 17.7 Å². The van der Waals surface area contributed by atoms with Crippen molar-refractivity contribution in [3.63, 3.8) is 0 Å². The number of hydrogen-bond acceptors (Lipinski definition) is 6. The molecule has 3 fully saturated rings. The van der Waals surface area contributed by atoms with Gasteiger partial charge in [0, 0.05) is 19.3 Å². The minimum Gasteiger partial charge on any atom is -0.385 e. The van der Waals surface area contributed by atoms with E-state index in [1.807, 2.05) is 37.4 Å². The number of aromatic nitrogens is 1. The number of rotatable bonds is 6. The van der Waals surface area contributed by atoms with E-state index in [9.17, 15) is 14.7 Å². The maximum absolute atomic E-state index is 13.4. The van der Waals surface area contributed by atoms with E-state index in [2.05, 4.69) is 44.4 Å². The Hall–Kier alpha value is -3.59. The van der Waals surface area contributed by atoms with Crippen LogP contribution in [0.2, 0.25) is 0 Å². The van der Waals surface area contributed by atoms with Gasteiger partial charge in [0.1, 0.15) is 0 Å². The standard InChI is InChI=1S/C19H20N4O2.C19H29NO/c1-22-11-5-6-13(12-22)19(25)23-16-9-3-2-8-15(16)21-18(24)14-7-4-10-20-17(14)23;21-19(17-9-3-1-4-10-17,18-11-5-2-6-12-18)13-16-20-14-7-8-15-20/h2-4,7-10,13H,5-6,11-12H2,1H3,(H,21,24);1,3-4,9-10,18,21H,2,5-8,11-16H2. The Morgan fingerprint density at radius 1 is 0.891 bits per heavy atom. The molecule has 0 radical (unpaired) electrons. The molecule has 2 amide bonds. The van der Waals surface area contributed by atoms with Gasteiger partial charge in [0.25, 0.3) is 5.91 Å². The third kappa shape index (κ3) is 7.19. The van der Waals surface area contributed by atoms with Crippen LogP contribution >= 0.6 is 0 Å². The van der Waals surface area contributed by atoms with Crippen molar-refractivity contribution in [2.24, 2.45) is 11.8 Å². The summed E-state index contributed by atoms with van der Waals surface area (Å²) in [6.07, 6.45) is 13.3. The second kappa shape index (κ2) is 14.9. The number of nitrogens with one attached hydrogen (secondary N) is 1. The first-order valence-electron chi connectivity index (χ1n) is 17.3. The maximum Gasteiger partial charge on any atom is 0.259 e. The molecule has 244 valence electrons. The summed E-state index contributed by atoms with van der Waals surface area (Å²) in [6, 6.07) is 21.2. The van der Waals surface area contributed by atoms with Gasteiger partial charge in [-0.05, 0) is 107 Å². The molecule has 2 N–H and O–H groups in total. The quantitative estimate of drug-likeness (QED) is 0.322. The van der Waals surface area contributed by atoms with E-state index in [1.165, 1.54) is 58.0 Å². The Kier molecular flexibility index (Phi) is 10.5. The lowest BCUT2D eigenvalue weighted by atomic mass is 9.71. The molecule has 4 heterocycles. The van der Waals surface area contributed by atoms with Crippen LogP contribution < -0.4 is 10.2 Å². The summed E-state index contributed by atoms with van der Waals surface area (Å²) in [5, 5.41) is 14.4. The number of carbonyl (C=O) groups excluding carboxylic acids is 2. The highest BCUT2D eigenvalue weighted by molar-refractivity contribution is 6.17. The fraction of sp³-hybridized carbons (Fsp3) is 0.500. The number of para-hydroxylation sites is 2. The first kappa shape index (κ1) is 32.4. The summed E-state index contributed by atoms with van der Waals surface area (Å²) in [5.74, 6) is 0.497. The lowest BCUT2D eigenvalue weighted by Gasteiger charge is -2.40. The second-order valence-electron chi connectivity index (χ2n) is 13.5. The van der Waals surface area contributed by atoms with Gasteiger partial charge in [0.15, 0.2) is 5.82 Å². The molecule has 2 atom stereocenters. The Morgan fingerprint density at radius 3 is 2.39 bits per heavy atom. The number of hydrogen-bond donors (Lipinski definition) is 2. The van der Waals surface area contributed by atoms with Gasteiger partial charge in [-0.15, -0.1) is 0 Å². The Bertz CT molecular complexity index is 1470. The summed E-state index contributed by atoms with van der Waals surface area (Å²) in [7, 11) is 2.03. The Morgan fingerprint density at radius 2 is 1.63 bits per heavy atom. The smallest absolute Gasteiger partial charge is 0.259 e. The van der Waals surface area contributed by atoms with E-state index in [0.29, 0.717) is 28.7 Å². The third-order valence-electron chi connectivity index (χ3n) is 10.4. The van der Waals surface area contributed by atoms with Gasteiger partial charge >= 0.3 is 0 Å². The molecule has 3 aromatic rings. The molecule has 8 heteroatoms. The zero-order chi connectivity index (χ0) is 31.9. The number of amides is 2. The summed E-state index contributed by atoms with van der Waals surface area (Å²) >= 11 is 0. The molecule has 0 spiro atoms. The van der Waals surface area contributed by atoms with Gasteiger partial charge in [0.05, 0.1) is 28.5 Å². The van der Waals surface area contributed by atoms with Crippen LogP contribution in [0, 0.1) is 11.8 Å². The Labute approximate surface area is 273 Å². The number of aliphatic hydroxyl groups is 1. The maximum atomic E-state index is 13.4. The predicted molar refractivity (Wildman–Crippen MR) is 183 cm³/mol.